The van der Waals surface area contributed by atoms with Gasteiger partial charge in [0.15, 0.2) is 0 Å². The minimum absolute atomic E-state index is 0.0706. The highest BCUT2D eigenvalue weighted by Crippen LogP contribution is 2.34. The molecule has 0 aromatic rings. The van der Waals surface area contributed by atoms with Crippen LogP contribution in [0.5, 0.6) is 0 Å². The van der Waals surface area contributed by atoms with Crippen molar-refractivity contribution in [1.82, 2.24) is 0 Å². The van der Waals surface area contributed by atoms with Crippen LogP contribution in [0.2, 0.25) is 0 Å². The van der Waals surface area contributed by atoms with Gasteiger partial charge < -0.3 is 9.47 Å². The summed E-state index contributed by atoms with van der Waals surface area (Å²) in [5.74, 6) is 0.673. The van der Waals surface area contributed by atoms with E-state index in [2.05, 4.69) is 20.1 Å². The van der Waals surface area contributed by atoms with Gasteiger partial charge in [-0.25, -0.2) is 0 Å². The molecule has 1 saturated carbocycles. The van der Waals surface area contributed by atoms with Gasteiger partial charge in [0.25, 0.3) is 0 Å². The molecule has 2 heteroatoms. The van der Waals surface area contributed by atoms with E-state index in [-0.39, 0.29) is 5.60 Å². The molecule has 86 valence electrons. The van der Waals surface area contributed by atoms with Crippen molar-refractivity contribution in [3.8, 4) is 0 Å². The van der Waals surface area contributed by atoms with E-state index in [1.165, 1.54) is 0 Å². The van der Waals surface area contributed by atoms with Gasteiger partial charge in [-0.05, 0) is 45.6 Å². The van der Waals surface area contributed by atoms with E-state index < -0.39 is 0 Å². The van der Waals surface area contributed by atoms with Crippen LogP contribution in [-0.4, -0.2) is 18.3 Å². The minimum atomic E-state index is -0.0706. The molecule has 0 unspecified atom stereocenters. The fourth-order valence-corrected chi connectivity index (χ4v) is 2.06. The van der Waals surface area contributed by atoms with Gasteiger partial charge in [-0.2, -0.15) is 0 Å². The Morgan fingerprint density at radius 1 is 1.47 bits per heavy atom. The number of allylic oxidation sites excluding steroid dienone is 1. The Hall–Kier alpha value is -0.760. The van der Waals surface area contributed by atoms with Gasteiger partial charge in [-0.15, -0.1) is 0 Å². The molecule has 15 heavy (non-hydrogen) atoms. The van der Waals surface area contributed by atoms with E-state index in [0.717, 1.165) is 32.3 Å². The molecule has 1 fully saturated rings. The van der Waals surface area contributed by atoms with Gasteiger partial charge >= 0.3 is 0 Å². The predicted molar refractivity (Wildman–Crippen MR) is 62.7 cm³/mol. The molecule has 2 nitrogen and oxygen atoms in total. The van der Waals surface area contributed by atoms with Crippen molar-refractivity contribution < 1.29 is 9.47 Å². The second-order valence-corrected chi connectivity index (χ2v) is 4.38. The minimum Gasteiger partial charge on any atom is -0.488 e. The number of hydrogen-bond acceptors (Lipinski definition) is 2. The Morgan fingerprint density at radius 3 is 2.53 bits per heavy atom. The summed E-state index contributed by atoms with van der Waals surface area (Å²) in [6.45, 7) is 12.4. The average Bonchev–Trinajstić information content (AvgIpc) is 2.22. The highest BCUT2D eigenvalue weighted by atomic mass is 16.5. The lowest BCUT2D eigenvalue weighted by Crippen LogP contribution is -2.36. The van der Waals surface area contributed by atoms with Crippen LogP contribution >= 0.6 is 0 Å². The predicted octanol–water partition coefficient (Wildman–Crippen LogP) is 3.44. The molecule has 0 aromatic carbocycles. The molecule has 0 heterocycles. The monoisotopic (exact) mass is 210 g/mol. The largest absolute Gasteiger partial charge is 0.488 e. The van der Waals surface area contributed by atoms with Crippen molar-refractivity contribution in [2.45, 2.75) is 51.2 Å². The third-order valence-electron chi connectivity index (χ3n) is 3.00. The molecule has 0 amide bonds. The molecular weight excluding hydrogens is 188 g/mol. The maximum Gasteiger partial charge on any atom is 0.112 e. The van der Waals surface area contributed by atoms with Gasteiger partial charge in [-0.3, -0.25) is 0 Å². The molecular formula is C13H22O2. The van der Waals surface area contributed by atoms with Crippen molar-refractivity contribution in [3.05, 3.63) is 25.0 Å². The van der Waals surface area contributed by atoms with Crippen LogP contribution in [0.25, 0.3) is 0 Å². The van der Waals surface area contributed by atoms with E-state index in [9.17, 15) is 0 Å². The van der Waals surface area contributed by atoms with E-state index >= 15 is 0 Å². The Balaban J connectivity index is 2.40. The lowest BCUT2D eigenvalue weighted by molar-refractivity contribution is -0.0562. The molecule has 0 aromatic heterocycles. The summed E-state index contributed by atoms with van der Waals surface area (Å²) in [5, 5.41) is 0. The summed E-state index contributed by atoms with van der Waals surface area (Å²) >= 11 is 0. The first-order valence-electron chi connectivity index (χ1n) is 5.71. The van der Waals surface area contributed by atoms with Crippen molar-refractivity contribution in [3.63, 3.8) is 0 Å². The number of ether oxygens (including phenoxy) is 2. The van der Waals surface area contributed by atoms with Gasteiger partial charge in [0, 0.05) is 6.61 Å². The SMILES string of the molecule is C=CC(=C)OC1(C)CCC(OCC)CC1. The zero-order chi connectivity index (χ0) is 11.3. The van der Waals surface area contributed by atoms with Crippen molar-refractivity contribution >= 4 is 0 Å². The first kappa shape index (κ1) is 12.3. The Bertz CT molecular complexity index is 225. The second kappa shape index (κ2) is 5.36. The van der Waals surface area contributed by atoms with E-state index in [4.69, 9.17) is 9.47 Å². The molecule has 0 atom stereocenters. The van der Waals surface area contributed by atoms with Crippen LogP contribution in [0, 0.1) is 0 Å². The van der Waals surface area contributed by atoms with Gasteiger partial charge in [0.2, 0.25) is 0 Å². The van der Waals surface area contributed by atoms with Crippen LogP contribution in [0.3, 0.4) is 0 Å². The van der Waals surface area contributed by atoms with E-state index in [1.807, 2.05) is 6.92 Å². The molecule has 0 aliphatic heterocycles. The van der Waals surface area contributed by atoms with Crippen LogP contribution < -0.4 is 0 Å². The zero-order valence-corrected chi connectivity index (χ0v) is 9.92. The number of hydrogen-bond donors (Lipinski definition) is 0. The fourth-order valence-electron chi connectivity index (χ4n) is 2.06. The lowest BCUT2D eigenvalue weighted by atomic mass is 9.84. The average molecular weight is 210 g/mol. The fraction of sp³-hybridized carbons (Fsp3) is 0.692. The Morgan fingerprint density at radius 2 is 2.07 bits per heavy atom. The topological polar surface area (TPSA) is 18.5 Å². The van der Waals surface area contributed by atoms with Gasteiger partial charge in [0.1, 0.15) is 11.4 Å². The molecule has 0 bridgehead atoms. The van der Waals surface area contributed by atoms with Crippen molar-refractivity contribution in [2.75, 3.05) is 6.61 Å². The third kappa shape index (κ3) is 3.71. The van der Waals surface area contributed by atoms with E-state index in [1.54, 1.807) is 6.08 Å². The normalized spacial score (nSPS) is 30.9. The van der Waals surface area contributed by atoms with Crippen molar-refractivity contribution in [1.29, 1.82) is 0 Å². The molecule has 0 spiro atoms. The van der Waals surface area contributed by atoms with E-state index in [0.29, 0.717) is 11.9 Å². The first-order valence-corrected chi connectivity index (χ1v) is 5.71. The smallest absolute Gasteiger partial charge is 0.112 e. The quantitative estimate of drug-likeness (QED) is 0.511. The summed E-state index contributed by atoms with van der Waals surface area (Å²) in [7, 11) is 0. The molecule has 0 saturated heterocycles. The Labute approximate surface area is 93.0 Å². The summed E-state index contributed by atoms with van der Waals surface area (Å²) in [6.07, 6.45) is 6.31. The van der Waals surface area contributed by atoms with Crippen LogP contribution in [-0.2, 0) is 9.47 Å². The maximum absolute atomic E-state index is 5.79. The molecule has 1 rings (SSSR count). The molecule has 0 N–H and O–H groups in total. The first-order chi connectivity index (χ1) is 7.09. The second-order valence-electron chi connectivity index (χ2n) is 4.38. The van der Waals surface area contributed by atoms with Crippen LogP contribution in [0.1, 0.15) is 39.5 Å². The summed E-state index contributed by atoms with van der Waals surface area (Å²) in [4.78, 5) is 0. The summed E-state index contributed by atoms with van der Waals surface area (Å²) < 4.78 is 11.4. The molecule has 1 aliphatic rings. The highest BCUT2D eigenvalue weighted by molar-refractivity contribution is 5.04. The Kier molecular flexibility index (Phi) is 4.40. The lowest BCUT2D eigenvalue weighted by Gasteiger charge is -2.37. The standard InChI is InChI=1S/C13H22O2/c1-5-11(3)15-13(4)9-7-12(8-10-13)14-6-2/h5,12H,1,3,6-10H2,2,4H3. The maximum atomic E-state index is 5.79. The third-order valence-corrected chi connectivity index (χ3v) is 3.00. The highest BCUT2D eigenvalue weighted by Gasteiger charge is 2.33. The van der Waals surface area contributed by atoms with Gasteiger partial charge in [-0.1, -0.05) is 13.2 Å². The zero-order valence-electron chi connectivity index (χ0n) is 9.92. The van der Waals surface area contributed by atoms with Crippen molar-refractivity contribution in [2.24, 2.45) is 0 Å². The van der Waals surface area contributed by atoms with Crippen LogP contribution in [0.15, 0.2) is 25.0 Å². The number of rotatable bonds is 5. The molecule has 1 aliphatic carbocycles. The van der Waals surface area contributed by atoms with Gasteiger partial charge in [0.05, 0.1) is 6.10 Å². The molecule has 0 radical (unpaired) electrons. The van der Waals surface area contributed by atoms with Crippen LogP contribution in [0.4, 0.5) is 0 Å². The summed E-state index contributed by atoms with van der Waals surface area (Å²) in [6, 6.07) is 0. The summed E-state index contributed by atoms with van der Waals surface area (Å²) in [5.41, 5.74) is -0.0706.